The summed E-state index contributed by atoms with van der Waals surface area (Å²) in [5.74, 6) is 0.267. The number of piperazine rings is 1. The smallest absolute Gasteiger partial charge is 0.262 e. The highest BCUT2D eigenvalue weighted by Crippen LogP contribution is 2.32. The van der Waals surface area contributed by atoms with Gasteiger partial charge in [0.1, 0.15) is 30.3 Å². The molecule has 0 radical (unpaired) electrons. The average molecular weight is 898 g/mol. The van der Waals surface area contributed by atoms with Crippen molar-refractivity contribution in [3.63, 3.8) is 0 Å². The highest BCUT2D eigenvalue weighted by Gasteiger charge is 2.45. The molecule has 3 N–H and O–H groups in total. The number of anilines is 5. The Labute approximate surface area is 375 Å². The summed E-state index contributed by atoms with van der Waals surface area (Å²) in [5, 5.41) is 10.4. The number of amides is 5. The van der Waals surface area contributed by atoms with E-state index in [0.717, 1.165) is 96.3 Å². The summed E-state index contributed by atoms with van der Waals surface area (Å²) in [6.07, 6.45) is 3.53. The van der Waals surface area contributed by atoms with Crippen LogP contribution in [0.15, 0.2) is 48.7 Å². The monoisotopic (exact) mass is 897 g/mol. The van der Waals surface area contributed by atoms with Crippen LogP contribution in [0.5, 0.6) is 0 Å². The number of halogens is 1. The van der Waals surface area contributed by atoms with Crippen LogP contribution in [0.3, 0.4) is 0 Å². The van der Waals surface area contributed by atoms with Crippen LogP contribution in [-0.2, 0) is 25.7 Å². The zero-order valence-corrected chi connectivity index (χ0v) is 37.3. The molecule has 1 atom stereocenters. The molecule has 0 bridgehead atoms. The van der Waals surface area contributed by atoms with Gasteiger partial charge in [-0.05, 0) is 69.9 Å². The summed E-state index contributed by atoms with van der Waals surface area (Å²) < 4.78 is 0. The lowest BCUT2D eigenvalue weighted by Gasteiger charge is -2.38. The molecule has 2 aromatic carbocycles. The van der Waals surface area contributed by atoms with Gasteiger partial charge in [0.05, 0.1) is 28.4 Å². The Morgan fingerprint density at radius 3 is 2.40 bits per heavy atom. The Morgan fingerprint density at radius 1 is 0.937 bits per heavy atom. The number of fused-ring (bicyclic) bond motifs is 1. The summed E-state index contributed by atoms with van der Waals surface area (Å²) in [6, 6.07) is 12.0. The number of likely N-dealkylation sites (N-methyl/N-ethyl adjacent to an activating group) is 1. The molecule has 63 heavy (non-hydrogen) atoms. The largest absolute Gasteiger partial charge is 0.379 e. The van der Waals surface area contributed by atoms with Crippen molar-refractivity contribution < 1.29 is 28.8 Å². The number of para-hydroxylation sites is 1. The van der Waals surface area contributed by atoms with Gasteiger partial charge in [-0.25, -0.2) is 15.0 Å². The number of benzene rings is 2. The number of hydrogen-bond donors (Lipinski definition) is 3. The van der Waals surface area contributed by atoms with E-state index < -0.39 is 29.7 Å². The molecule has 4 aromatic rings. The second-order valence-electron chi connectivity index (χ2n) is 15.9. The van der Waals surface area contributed by atoms with Crippen LogP contribution >= 0.6 is 22.9 Å². The molecular weight excluding hydrogens is 846 g/mol. The number of carbonyl (C=O) groups is 6. The first-order valence-corrected chi connectivity index (χ1v) is 22.4. The van der Waals surface area contributed by atoms with Gasteiger partial charge in [0, 0.05) is 94.1 Å². The van der Waals surface area contributed by atoms with Gasteiger partial charge in [0.2, 0.25) is 17.7 Å². The van der Waals surface area contributed by atoms with E-state index in [4.69, 9.17) is 21.4 Å². The Balaban J connectivity index is 0.00000293. The van der Waals surface area contributed by atoms with Crippen LogP contribution in [-0.4, -0.2) is 131 Å². The van der Waals surface area contributed by atoms with Crippen LogP contribution < -0.4 is 25.8 Å². The van der Waals surface area contributed by atoms with Gasteiger partial charge in [-0.3, -0.25) is 39.1 Å². The fraction of sp³-hybridized carbons (Fsp3) is 0.432. The number of aryl methyl sites for hydroxylation is 2. The second-order valence-corrected chi connectivity index (χ2v) is 17.4. The molecule has 8 rings (SSSR count). The zero-order chi connectivity index (χ0) is 44.8. The van der Waals surface area contributed by atoms with Crippen molar-refractivity contribution in [2.24, 2.45) is 5.92 Å². The third kappa shape index (κ3) is 10.1. The summed E-state index contributed by atoms with van der Waals surface area (Å²) in [4.78, 5) is 97.1. The van der Waals surface area contributed by atoms with E-state index in [1.54, 1.807) is 23.5 Å². The SMILES string of the molecule is C=O.CCN(CCN1CCN(c2ccc3c(c2)C(=O)N(C2CCC(=O)NC2=O)C3=O)CC1)C(=O)C1CCN(c2cc(Nc3ncc(CNc4c(C)cccc4Cl)s3)nc(C)n2)CC1. The van der Waals surface area contributed by atoms with Crippen molar-refractivity contribution in [3.05, 3.63) is 81.1 Å². The maximum Gasteiger partial charge on any atom is 0.262 e. The molecule has 0 aliphatic carbocycles. The first-order valence-electron chi connectivity index (χ1n) is 21.2. The predicted molar refractivity (Wildman–Crippen MR) is 242 cm³/mol. The standard InChI is InChI=1S/C43H50ClN11O5S.CH2O/c1-4-52(19-16-51-17-20-53(21-18-51)29-8-9-31-32(22-29)42(60)55(41(31)59)34-10-11-37(56)50-39(34)57)40(58)28-12-14-54(15-13-28)36-23-35(47-27(3)48-36)49-43-46-25-30(61-43)24-45-38-26(2)6-5-7-33(38)44;1-2/h5-9,22-23,25,28,34,45H,4,10-21,24H2,1-3H3,(H,50,56,57)(H,46,47,48,49);1H2. The van der Waals surface area contributed by atoms with E-state index >= 15 is 0 Å². The van der Waals surface area contributed by atoms with Crippen molar-refractivity contribution in [2.45, 2.75) is 59.0 Å². The maximum absolute atomic E-state index is 13.8. The molecule has 4 aliphatic rings. The average Bonchev–Trinajstić information content (AvgIpc) is 3.84. The van der Waals surface area contributed by atoms with E-state index in [9.17, 15) is 24.0 Å². The van der Waals surface area contributed by atoms with Crippen LogP contribution in [0, 0.1) is 19.8 Å². The zero-order valence-electron chi connectivity index (χ0n) is 35.7. The number of thiazole rings is 1. The molecule has 5 amide bonds. The fourth-order valence-electron chi connectivity index (χ4n) is 8.55. The van der Waals surface area contributed by atoms with E-state index in [-0.39, 0.29) is 35.8 Å². The lowest BCUT2D eigenvalue weighted by molar-refractivity contribution is -0.137. The normalized spacial score (nSPS) is 18.2. The van der Waals surface area contributed by atoms with Gasteiger partial charge in [0.15, 0.2) is 5.13 Å². The minimum Gasteiger partial charge on any atom is -0.379 e. The number of imide groups is 2. The quantitative estimate of drug-likeness (QED) is 0.157. The lowest BCUT2D eigenvalue weighted by atomic mass is 9.95. The highest BCUT2D eigenvalue weighted by atomic mass is 35.5. The van der Waals surface area contributed by atoms with Crippen molar-refractivity contribution in [1.82, 2.24) is 35.0 Å². The molecule has 332 valence electrons. The molecule has 0 spiro atoms. The Bertz CT molecular complexity index is 2340. The molecule has 3 saturated heterocycles. The number of aromatic nitrogens is 3. The molecule has 6 heterocycles. The number of piperidine rings is 2. The molecule has 2 aromatic heterocycles. The Hall–Kier alpha value is -5.98. The fourth-order valence-corrected chi connectivity index (χ4v) is 9.60. The van der Waals surface area contributed by atoms with Gasteiger partial charge in [-0.15, -0.1) is 0 Å². The number of nitrogens with one attached hydrogen (secondary N) is 3. The summed E-state index contributed by atoms with van der Waals surface area (Å²) in [5.41, 5.74) is 3.40. The van der Waals surface area contributed by atoms with Crippen molar-refractivity contribution in [3.8, 4) is 0 Å². The van der Waals surface area contributed by atoms with Crippen molar-refractivity contribution >= 4 is 87.4 Å². The van der Waals surface area contributed by atoms with E-state index in [1.165, 1.54) is 0 Å². The highest BCUT2D eigenvalue weighted by molar-refractivity contribution is 7.15. The second kappa shape index (κ2) is 20.0. The summed E-state index contributed by atoms with van der Waals surface area (Å²) >= 11 is 7.94. The number of rotatable bonds is 13. The first kappa shape index (κ1) is 45.1. The van der Waals surface area contributed by atoms with E-state index in [0.29, 0.717) is 36.3 Å². The van der Waals surface area contributed by atoms with Crippen LogP contribution in [0.1, 0.15) is 69.6 Å². The number of nitrogens with zero attached hydrogens (tertiary/aromatic N) is 8. The van der Waals surface area contributed by atoms with E-state index in [2.05, 4.69) is 40.6 Å². The third-order valence-corrected chi connectivity index (χ3v) is 13.2. The van der Waals surface area contributed by atoms with Gasteiger partial charge >= 0.3 is 0 Å². The predicted octanol–water partition coefficient (Wildman–Crippen LogP) is 4.66. The van der Waals surface area contributed by atoms with Crippen LogP contribution in [0.2, 0.25) is 5.02 Å². The maximum atomic E-state index is 13.8. The van der Waals surface area contributed by atoms with Gasteiger partial charge in [-0.2, -0.15) is 0 Å². The molecule has 1 unspecified atom stereocenters. The Kier molecular flexibility index (Phi) is 14.3. The molecular formula is C44H52ClN11O6S. The molecule has 3 fully saturated rings. The van der Waals surface area contributed by atoms with Crippen LogP contribution in [0.25, 0.3) is 0 Å². The van der Waals surface area contributed by atoms with Crippen molar-refractivity contribution in [1.29, 1.82) is 0 Å². The lowest BCUT2D eigenvalue weighted by Crippen LogP contribution is -2.54. The Morgan fingerprint density at radius 2 is 1.68 bits per heavy atom. The topological polar surface area (TPSA) is 193 Å². The molecule has 19 heteroatoms. The van der Waals surface area contributed by atoms with Crippen molar-refractivity contribution in [2.75, 3.05) is 79.3 Å². The minimum absolute atomic E-state index is 0.0502. The summed E-state index contributed by atoms with van der Waals surface area (Å²) in [7, 11) is 0. The number of carbonyl (C=O) groups excluding carboxylic acids is 6. The van der Waals surface area contributed by atoms with Gasteiger partial charge in [0.25, 0.3) is 11.8 Å². The third-order valence-electron chi connectivity index (χ3n) is 12.0. The number of hydrogen-bond acceptors (Lipinski definition) is 15. The van der Waals surface area contributed by atoms with Crippen LogP contribution in [0.4, 0.5) is 28.1 Å². The molecule has 17 nitrogen and oxygen atoms in total. The first-order chi connectivity index (χ1) is 30.4. The van der Waals surface area contributed by atoms with Gasteiger partial charge < -0.3 is 30.1 Å². The summed E-state index contributed by atoms with van der Waals surface area (Å²) in [6.45, 7) is 15.1. The minimum atomic E-state index is -0.991. The molecule has 0 saturated carbocycles. The van der Waals surface area contributed by atoms with Gasteiger partial charge in [-0.1, -0.05) is 35.1 Å². The molecule has 4 aliphatic heterocycles. The van der Waals surface area contributed by atoms with E-state index in [1.807, 2.05) is 69.0 Å².